The van der Waals surface area contributed by atoms with Crippen molar-refractivity contribution in [3.8, 4) is 5.75 Å². The van der Waals surface area contributed by atoms with Crippen LogP contribution >= 0.6 is 0 Å². The van der Waals surface area contributed by atoms with Crippen molar-refractivity contribution in [1.29, 1.82) is 0 Å². The number of likely N-dealkylation sites (N-methyl/N-ethyl adjacent to an activating group) is 1. The number of aliphatic hydroxyl groups excluding tert-OH is 1. The second kappa shape index (κ2) is 15.1. The number of sulfonamides is 1. The van der Waals surface area contributed by atoms with Gasteiger partial charge in [0.25, 0.3) is 21.8 Å². The molecule has 1 aliphatic rings. The molecule has 0 fully saturated rings. The van der Waals surface area contributed by atoms with Gasteiger partial charge >= 0.3 is 0 Å². The third kappa shape index (κ3) is 8.37. The Morgan fingerprint density at radius 3 is 2.39 bits per heavy atom. The molecule has 1 aliphatic heterocycles. The number of carbonyl (C=O) groups excluding carboxylic acids is 2. The fourth-order valence-corrected chi connectivity index (χ4v) is 6.67. The van der Waals surface area contributed by atoms with E-state index in [9.17, 15) is 27.5 Å². The smallest absolute Gasteiger partial charge is 0.262 e. The van der Waals surface area contributed by atoms with Crippen molar-refractivity contribution in [1.82, 2.24) is 9.80 Å². The van der Waals surface area contributed by atoms with Crippen LogP contribution in [-0.2, 0) is 16.6 Å². The number of hydrogen-bond donors (Lipinski definition) is 4. The predicted octanol–water partition coefficient (Wildman–Crippen LogP) is 4.81. The molecule has 5 rings (SSSR count). The average molecular weight is 690 g/mol. The molecule has 4 aromatic rings. The van der Waals surface area contributed by atoms with Crippen LogP contribution in [0.5, 0.6) is 5.75 Å². The first-order valence-corrected chi connectivity index (χ1v) is 17.3. The first kappa shape index (κ1) is 35.3. The molecule has 13 heteroatoms. The van der Waals surface area contributed by atoms with E-state index in [0.717, 1.165) is 29.8 Å². The lowest BCUT2D eigenvalue weighted by atomic mass is 9.99. The number of hydrogen-bond acceptors (Lipinski definition) is 8. The van der Waals surface area contributed by atoms with Gasteiger partial charge in [-0.3, -0.25) is 19.2 Å². The van der Waals surface area contributed by atoms with Gasteiger partial charge in [-0.1, -0.05) is 37.3 Å². The van der Waals surface area contributed by atoms with Gasteiger partial charge < -0.3 is 25.8 Å². The summed E-state index contributed by atoms with van der Waals surface area (Å²) in [5.41, 5.74) is 8.57. The van der Waals surface area contributed by atoms with Crippen LogP contribution in [0.15, 0.2) is 95.9 Å². The average Bonchev–Trinajstić information content (AvgIpc) is 3.07. The molecule has 49 heavy (non-hydrogen) atoms. The number of nitrogens with one attached hydrogen (secondary N) is 2. The van der Waals surface area contributed by atoms with Crippen LogP contribution in [0, 0.1) is 11.7 Å². The predicted molar refractivity (Wildman–Crippen MR) is 186 cm³/mol. The Balaban J connectivity index is 1.37. The van der Waals surface area contributed by atoms with Crippen molar-refractivity contribution in [2.24, 2.45) is 5.92 Å². The molecule has 0 aromatic heterocycles. The maximum absolute atomic E-state index is 13.8. The highest BCUT2D eigenvalue weighted by Gasteiger charge is 2.35. The number of para-hydroxylation sites is 3. The van der Waals surface area contributed by atoms with Crippen molar-refractivity contribution >= 4 is 38.9 Å². The summed E-state index contributed by atoms with van der Waals surface area (Å²) >= 11 is 0. The second-order valence-electron chi connectivity index (χ2n) is 12.3. The monoisotopic (exact) mass is 689 g/mol. The van der Waals surface area contributed by atoms with Gasteiger partial charge in [0.1, 0.15) is 11.9 Å². The molecule has 2 amide bonds. The zero-order valence-corrected chi connectivity index (χ0v) is 28.3. The van der Waals surface area contributed by atoms with Crippen LogP contribution in [0.2, 0.25) is 0 Å². The van der Waals surface area contributed by atoms with Crippen molar-refractivity contribution in [3.63, 3.8) is 0 Å². The molecule has 4 aromatic carbocycles. The summed E-state index contributed by atoms with van der Waals surface area (Å²) in [5.74, 6) is -1.43. The molecule has 0 radical (unpaired) electrons. The molecule has 0 spiro atoms. The van der Waals surface area contributed by atoms with Gasteiger partial charge in [0.2, 0.25) is 0 Å². The van der Waals surface area contributed by atoms with Crippen molar-refractivity contribution in [2.45, 2.75) is 37.4 Å². The van der Waals surface area contributed by atoms with Gasteiger partial charge in [0.15, 0.2) is 5.75 Å². The Bertz CT molecular complexity index is 1910. The Morgan fingerprint density at radius 1 is 1.04 bits per heavy atom. The van der Waals surface area contributed by atoms with E-state index < -0.39 is 33.9 Å². The summed E-state index contributed by atoms with van der Waals surface area (Å²) in [6.07, 6.45) is -0.511. The highest BCUT2D eigenvalue weighted by Crippen LogP contribution is 2.36. The number of ether oxygens (including phenoxy) is 1. The molecule has 0 saturated carbocycles. The normalized spacial score (nSPS) is 17.0. The lowest BCUT2D eigenvalue weighted by Crippen LogP contribution is -2.49. The van der Waals surface area contributed by atoms with E-state index in [1.807, 2.05) is 31.0 Å². The fraction of sp³-hybridized carbons (Fsp3) is 0.278. The summed E-state index contributed by atoms with van der Waals surface area (Å²) in [6.45, 7) is 4.61. The van der Waals surface area contributed by atoms with Crippen LogP contribution < -0.4 is 20.5 Å². The SMILES string of the molecule is C[C@H]1CN([C@@H](C)CO)C(=O)c2cccc(NS(=O)(=O)c3ccc(F)cc3)c2O[C@H]1CN(C)Cc1ccc(C(=O)Nc2ccccc2N)cc1. The largest absolute Gasteiger partial charge is 0.486 e. The first-order chi connectivity index (χ1) is 23.4. The van der Waals surface area contributed by atoms with Crippen molar-refractivity contribution < 1.29 is 32.2 Å². The summed E-state index contributed by atoms with van der Waals surface area (Å²) in [7, 11) is -2.25. The van der Waals surface area contributed by atoms with Gasteiger partial charge in [0.05, 0.1) is 40.2 Å². The summed E-state index contributed by atoms with van der Waals surface area (Å²) in [5, 5.41) is 12.8. The fourth-order valence-electron chi connectivity index (χ4n) is 5.61. The molecule has 0 aliphatic carbocycles. The Kier molecular flexibility index (Phi) is 10.9. The molecule has 0 saturated heterocycles. The standard InChI is InChI=1S/C36H40FN5O6S/c1-23-19-42(24(2)22-43)36(45)29-7-6-10-32(40-49(46,47)28-17-15-27(37)16-18-28)34(29)48-33(23)21-41(3)20-25-11-13-26(14-12-25)35(44)39-31-9-5-4-8-30(31)38/h4-18,23-24,33,40,43H,19-22,38H2,1-3H3,(H,39,44)/t23-,24-,33-/m0/s1. The number of halogens is 1. The zero-order valence-electron chi connectivity index (χ0n) is 27.5. The van der Waals surface area contributed by atoms with Gasteiger partial charge in [-0.25, -0.2) is 12.8 Å². The van der Waals surface area contributed by atoms with Gasteiger partial charge in [0, 0.05) is 31.1 Å². The van der Waals surface area contributed by atoms with Crippen molar-refractivity contribution in [2.75, 3.05) is 42.5 Å². The molecule has 1 heterocycles. The number of benzene rings is 4. The Labute approximate surface area is 285 Å². The Morgan fingerprint density at radius 2 is 1.71 bits per heavy atom. The van der Waals surface area contributed by atoms with Gasteiger partial charge in [-0.2, -0.15) is 0 Å². The van der Waals surface area contributed by atoms with Crippen molar-refractivity contribution in [3.05, 3.63) is 114 Å². The number of amides is 2. The third-order valence-electron chi connectivity index (χ3n) is 8.43. The molecule has 0 bridgehead atoms. The van der Waals surface area contributed by atoms with Crippen LogP contribution in [-0.4, -0.2) is 74.0 Å². The maximum Gasteiger partial charge on any atom is 0.262 e. The van der Waals surface area contributed by atoms with Gasteiger partial charge in [-0.05, 0) is 80.2 Å². The summed E-state index contributed by atoms with van der Waals surface area (Å²) in [6, 6.07) is 22.7. The minimum absolute atomic E-state index is 0.0552. The van der Waals surface area contributed by atoms with E-state index in [2.05, 4.69) is 10.0 Å². The number of fused-ring (bicyclic) bond motifs is 1. The number of aliphatic hydroxyl groups is 1. The quantitative estimate of drug-likeness (QED) is 0.164. The lowest BCUT2D eigenvalue weighted by Gasteiger charge is -2.38. The van der Waals surface area contributed by atoms with E-state index >= 15 is 0 Å². The van der Waals surface area contributed by atoms with E-state index in [1.54, 1.807) is 60.4 Å². The molecule has 11 nitrogen and oxygen atoms in total. The highest BCUT2D eigenvalue weighted by atomic mass is 32.2. The molecule has 5 N–H and O–H groups in total. The van der Waals surface area contributed by atoms with Crippen LogP contribution in [0.4, 0.5) is 21.5 Å². The molecule has 0 unspecified atom stereocenters. The van der Waals surface area contributed by atoms with Crippen LogP contribution in [0.25, 0.3) is 0 Å². The number of carbonyl (C=O) groups is 2. The van der Waals surface area contributed by atoms with E-state index in [-0.39, 0.29) is 40.3 Å². The van der Waals surface area contributed by atoms with E-state index in [1.165, 1.54) is 6.07 Å². The minimum Gasteiger partial charge on any atom is -0.486 e. The molecular formula is C36H40FN5O6S. The number of nitrogens with zero attached hydrogens (tertiary/aromatic N) is 2. The topological polar surface area (TPSA) is 154 Å². The molecule has 258 valence electrons. The first-order valence-electron chi connectivity index (χ1n) is 15.8. The van der Waals surface area contributed by atoms with Gasteiger partial charge in [-0.15, -0.1) is 0 Å². The highest BCUT2D eigenvalue weighted by molar-refractivity contribution is 7.92. The van der Waals surface area contributed by atoms with Crippen LogP contribution in [0.3, 0.4) is 0 Å². The second-order valence-corrected chi connectivity index (χ2v) is 14.0. The Hall–Kier alpha value is -4.98. The number of anilines is 3. The van der Waals surface area contributed by atoms with E-state index in [4.69, 9.17) is 10.5 Å². The number of rotatable bonds is 11. The van der Waals surface area contributed by atoms with E-state index in [0.29, 0.717) is 36.6 Å². The zero-order chi connectivity index (χ0) is 35.3. The maximum atomic E-state index is 13.8. The molecule has 3 atom stereocenters. The number of nitrogen functional groups attached to an aromatic ring is 1. The van der Waals surface area contributed by atoms with Crippen LogP contribution in [0.1, 0.15) is 40.1 Å². The lowest BCUT2D eigenvalue weighted by molar-refractivity contribution is 0.0344. The summed E-state index contributed by atoms with van der Waals surface area (Å²) in [4.78, 5) is 30.0. The third-order valence-corrected chi connectivity index (χ3v) is 9.81. The number of nitrogens with two attached hydrogens (primary N) is 1. The molecular weight excluding hydrogens is 649 g/mol. The minimum atomic E-state index is -4.17. The summed E-state index contributed by atoms with van der Waals surface area (Å²) < 4.78 is 49.2.